The monoisotopic (exact) mass is 395 g/mol. The number of esters is 1. The highest BCUT2D eigenvalue weighted by Gasteiger charge is 2.20. The first kappa shape index (κ1) is 18.4. The minimum atomic E-state index is -1.02. The molecule has 8 heteroatoms. The van der Waals surface area contributed by atoms with Crippen LogP contribution in [-0.4, -0.2) is 31.2 Å². The molecular formula is C18H15Cl2NO5. The second-order valence-corrected chi connectivity index (χ2v) is 6.43. The molecule has 6 nitrogen and oxygen atoms in total. The molecule has 0 aromatic heterocycles. The summed E-state index contributed by atoms with van der Waals surface area (Å²) in [6.07, 6.45) is -1.02. The van der Waals surface area contributed by atoms with Crippen LogP contribution in [0.3, 0.4) is 0 Å². The maximum atomic E-state index is 12.3. The number of benzene rings is 2. The summed E-state index contributed by atoms with van der Waals surface area (Å²) in [5.41, 5.74) is 0.675. The van der Waals surface area contributed by atoms with Gasteiger partial charge in [0.05, 0.1) is 5.56 Å². The average molecular weight is 396 g/mol. The van der Waals surface area contributed by atoms with Gasteiger partial charge >= 0.3 is 5.97 Å². The molecule has 1 aliphatic heterocycles. The van der Waals surface area contributed by atoms with Crippen molar-refractivity contribution in [2.45, 2.75) is 13.0 Å². The number of amides is 1. The van der Waals surface area contributed by atoms with Crippen LogP contribution in [0.5, 0.6) is 11.5 Å². The van der Waals surface area contributed by atoms with Crippen molar-refractivity contribution in [1.82, 2.24) is 0 Å². The van der Waals surface area contributed by atoms with Gasteiger partial charge in [0.1, 0.15) is 13.2 Å². The molecule has 0 saturated carbocycles. The number of ether oxygens (including phenoxy) is 3. The summed E-state index contributed by atoms with van der Waals surface area (Å²) in [6, 6.07) is 9.36. The highest BCUT2D eigenvalue weighted by Crippen LogP contribution is 2.32. The number of rotatable bonds is 4. The normalized spacial score (nSPS) is 13.7. The number of fused-ring (bicyclic) bond motifs is 1. The Hall–Kier alpha value is -2.44. The molecular weight excluding hydrogens is 381 g/mol. The fraction of sp³-hybridized carbons (Fsp3) is 0.222. The van der Waals surface area contributed by atoms with E-state index in [-0.39, 0.29) is 5.56 Å². The highest BCUT2D eigenvalue weighted by atomic mass is 35.5. The average Bonchev–Trinajstić information content (AvgIpc) is 2.60. The number of halogens is 2. The van der Waals surface area contributed by atoms with Crippen molar-refractivity contribution < 1.29 is 23.8 Å². The summed E-state index contributed by atoms with van der Waals surface area (Å²) in [5.74, 6) is -0.0128. The largest absolute Gasteiger partial charge is 0.486 e. The summed E-state index contributed by atoms with van der Waals surface area (Å²) < 4.78 is 16.1. The van der Waals surface area contributed by atoms with Crippen LogP contribution in [-0.2, 0) is 9.53 Å². The Labute approximate surface area is 159 Å². The maximum Gasteiger partial charge on any atom is 0.339 e. The maximum absolute atomic E-state index is 12.3. The minimum Gasteiger partial charge on any atom is -0.486 e. The summed E-state index contributed by atoms with van der Waals surface area (Å²) in [6.45, 7) is 2.40. The first-order valence-corrected chi connectivity index (χ1v) is 8.55. The molecule has 0 bridgehead atoms. The summed E-state index contributed by atoms with van der Waals surface area (Å²) in [4.78, 5) is 24.4. The molecule has 1 aliphatic rings. The summed E-state index contributed by atoms with van der Waals surface area (Å²) >= 11 is 11.7. The van der Waals surface area contributed by atoms with Gasteiger partial charge in [-0.05, 0) is 37.3 Å². The molecule has 1 amide bonds. The summed E-state index contributed by atoms with van der Waals surface area (Å²) in [7, 11) is 0. The topological polar surface area (TPSA) is 73.9 Å². The first-order valence-electron chi connectivity index (χ1n) is 7.80. The molecule has 0 spiro atoms. The molecule has 136 valence electrons. The lowest BCUT2D eigenvalue weighted by Gasteiger charge is -2.19. The Morgan fingerprint density at radius 1 is 1.04 bits per heavy atom. The Balaban J connectivity index is 1.63. The number of carbonyl (C=O) groups excluding carboxylic acids is 2. The van der Waals surface area contributed by atoms with Crippen molar-refractivity contribution >= 4 is 40.8 Å². The Kier molecular flexibility index (Phi) is 5.54. The molecule has 0 unspecified atom stereocenters. The predicted octanol–water partition coefficient (Wildman–Crippen LogP) is 3.95. The molecule has 1 N–H and O–H groups in total. The quantitative estimate of drug-likeness (QED) is 0.793. The molecule has 26 heavy (non-hydrogen) atoms. The molecule has 2 aromatic rings. The van der Waals surface area contributed by atoms with E-state index >= 15 is 0 Å². The number of carbonyl (C=O) groups is 2. The van der Waals surface area contributed by atoms with Crippen LogP contribution in [0.15, 0.2) is 36.4 Å². The summed E-state index contributed by atoms with van der Waals surface area (Å²) in [5, 5.41) is 3.27. The lowest BCUT2D eigenvalue weighted by atomic mass is 10.2. The number of nitrogens with one attached hydrogen (secondary N) is 1. The van der Waals surface area contributed by atoms with Gasteiger partial charge in [-0.1, -0.05) is 23.2 Å². The van der Waals surface area contributed by atoms with Crippen molar-refractivity contribution in [3.8, 4) is 11.5 Å². The zero-order valence-corrected chi connectivity index (χ0v) is 15.3. The Bertz CT molecular complexity index is 835. The van der Waals surface area contributed by atoms with Gasteiger partial charge in [0.15, 0.2) is 17.6 Å². The van der Waals surface area contributed by atoms with E-state index in [0.717, 1.165) is 0 Å². The molecule has 1 atom stereocenters. The fourth-order valence-corrected chi connectivity index (χ4v) is 2.84. The third kappa shape index (κ3) is 4.39. The lowest BCUT2D eigenvalue weighted by Crippen LogP contribution is -2.30. The fourth-order valence-electron chi connectivity index (χ4n) is 2.32. The minimum absolute atomic E-state index is 0.168. The zero-order chi connectivity index (χ0) is 18.7. The van der Waals surface area contributed by atoms with Crippen LogP contribution in [0, 0.1) is 0 Å². The standard InChI is InChI=1S/C18H15Cl2NO5/c1-10(26-18(23)11-6-12(19)8-13(20)7-11)17(22)21-14-2-3-15-16(9-14)25-5-4-24-15/h2-3,6-10H,4-5H2,1H3,(H,21,22)/t10-/m1/s1. The van der Waals surface area contributed by atoms with Gasteiger partial charge in [0.2, 0.25) is 0 Å². The van der Waals surface area contributed by atoms with E-state index in [1.807, 2.05) is 0 Å². The van der Waals surface area contributed by atoms with Crippen LogP contribution in [0.1, 0.15) is 17.3 Å². The van der Waals surface area contributed by atoms with E-state index in [1.165, 1.54) is 25.1 Å². The number of hydrogen-bond donors (Lipinski definition) is 1. The smallest absolute Gasteiger partial charge is 0.339 e. The van der Waals surface area contributed by atoms with Crippen molar-refractivity contribution in [3.63, 3.8) is 0 Å². The Morgan fingerprint density at radius 2 is 1.69 bits per heavy atom. The highest BCUT2D eigenvalue weighted by molar-refractivity contribution is 6.35. The third-order valence-electron chi connectivity index (χ3n) is 3.56. The van der Waals surface area contributed by atoms with Gasteiger partial charge in [-0.2, -0.15) is 0 Å². The van der Waals surface area contributed by atoms with Crippen molar-refractivity contribution in [2.24, 2.45) is 0 Å². The van der Waals surface area contributed by atoms with E-state index in [9.17, 15) is 9.59 Å². The van der Waals surface area contributed by atoms with Crippen molar-refractivity contribution in [3.05, 3.63) is 52.0 Å². The van der Waals surface area contributed by atoms with Crippen LogP contribution < -0.4 is 14.8 Å². The molecule has 3 rings (SSSR count). The molecule has 0 fully saturated rings. The van der Waals surface area contributed by atoms with Crippen LogP contribution in [0.4, 0.5) is 5.69 Å². The molecule has 1 heterocycles. The van der Waals surface area contributed by atoms with Crippen LogP contribution in [0.25, 0.3) is 0 Å². The first-order chi connectivity index (χ1) is 12.4. The second-order valence-electron chi connectivity index (χ2n) is 5.55. The van der Waals surface area contributed by atoms with E-state index in [4.69, 9.17) is 37.4 Å². The van der Waals surface area contributed by atoms with Gasteiger partial charge in [-0.15, -0.1) is 0 Å². The molecule has 0 aliphatic carbocycles. The van der Waals surface area contributed by atoms with E-state index in [2.05, 4.69) is 5.32 Å². The van der Waals surface area contributed by atoms with Gasteiger partial charge in [0, 0.05) is 21.8 Å². The molecule has 0 saturated heterocycles. The van der Waals surface area contributed by atoms with E-state index < -0.39 is 18.0 Å². The van der Waals surface area contributed by atoms with Gasteiger partial charge in [0.25, 0.3) is 5.91 Å². The molecule has 0 radical (unpaired) electrons. The number of anilines is 1. The van der Waals surface area contributed by atoms with Gasteiger partial charge in [-0.25, -0.2) is 4.79 Å². The van der Waals surface area contributed by atoms with E-state index in [0.29, 0.717) is 40.4 Å². The second kappa shape index (κ2) is 7.85. The number of hydrogen-bond acceptors (Lipinski definition) is 5. The SMILES string of the molecule is C[C@@H](OC(=O)c1cc(Cl)cc(Cl)c1)C(=O)Nc1ccc2c(c1)OCCO2. The van der Waals surface area contributed by atoms with Crippen molar-refractivity contribution in [1.29, 1.82) is 0 Å². The molecule has 2 aromatic carbocycles. The van der Waals surface area contributed by atoms with E-state index in [1.54, 1.807) is 18.2 Å². The third-order valence-corrected chi connectivity index (χ3v) is 4.00. The van der Waals surface area contributed by atoms with Crippen molar-refractivity contribution in [2.75, 3.05) is 18.5 Å². The van der Waals surface area contributed by atoms with Crippen LogP contribution in [0.2, 0.25) is 10.0 Å². The zero-order valence-electron chi connectivity index (χ0n) is 13.8. The predicted molar refractivity (Wildman–Crippen MR) is 97.4 cm³/mol. The van der Waals surface area contributed by atoms with Gasteiger partial charge in [-0.3, -0.25) is 4.79 Å². The Morgan fingerprint density at radius 3 is 2.38 bits per heavy atom. The van der Waals surface area contributed by atoms with Gasteiger partial charge < -0.3 is 19.5 Å². The lowest BCUT2D eigenvalue weighted by molar-refractivity contribution is -0.123. The van der Waals surface area contributed by atoms with Crippen LogP contribution >= 0.6 is 23.2 Å².